The van der Waals surface area contributed by atoms with Crippen molar-refractivity contribution in [3.63, 3.8) is 0 Å². The van der Waals surface area contributed by atoms with Crippen molar-refractivity contribution in [2.45, 2.75) is 316 Å². The molecule has 0 amide bonds. The molecule has 0 saturated carbocycles. The second-order valence-electron chi connectivity index (χ2n) is 18.9. The van der Waals surface area contributed by atoms with E-state index >= 15 is 0 Å². The summed E-state index contributed by atoms with van der Waals surface area (Å²) in [5, 5.41) is 0. The predicted molar refractivity (Wildman–Crippen MR) is 266 cm³/mol. The first-order valence-electron chi connectivity index (χ1n) is 27.7. The van der Waals surface area contributed by atoms with Crippen LogP contribution in [0.1, 0.15) is 310 Å². The Labute approximate surface area is 386 Å². The fraction of sp³-hybridized carbons (Fsp3) is 0.911. The molecule has 0 aliphatic carbocycles. The van der Waals surface area contributed by atoms with E-state index in [0.717, 1.165) is 70.6 Å². The molecule has 0 spiro atoms. The van der Waals surface area contributed by atoms with E-state index in [-0.39, 0.29) is 31.1 Å². The van der Waals surface area contributed by atoms with Gasteiger partial charge in [0.2, 0.25) is 0 Å². The van der Waals surface area contributed by atoms with Gasteiger partial charge in [-0.2, -0.15) is 0 Å². The van der Waals surface area contributed by atoms with Crippen molar-refractivity contribution in [2.24, 2.45) is 0 Å². The minimum Gasteiger partial charge on any atom is -0.462 e. The van der Waals surface area contributed by atoms with Crippen molar-refractivity contribution >= 4 is 17.9 Å². The topological polar surface area (TPSA) is 78.9 Å². The Balaban J connectivity index is 4.02. The third-order valence-electron chi connectivity index (χ3n) is 12.5. The molecule has 0 aromatic carbocycles. The van der Waals surface area contributed by atoms with Gasteiger partial charge in [0, 0.05) is 19.3 Å². The highest BCUT2D eigenvalue weighted by Gasteiger charge is 2.19. The van der Waals surface area contributed by atoms with Gasteiger partial charge in [-0.3, -0.25) is 14.4 Å². The number of unbranched alkanes of at least 4 members (excludes halogenated alkanes) is 38. The summed E-state index contributed by atoms with van der Waals surface area (Å²) in [7, 11) is 0. The molecule has 0 rings (SSSR count). The predicted octanol–water partition coefficient (Wildman–Crippen LogP) is 18.2. The van der Waals surface area contributed by atoms with Gasteiger partial charge in [0.15, 0.2) is 6.10 Å². The van der Waals surface area contributed by atoms with Gasteiger partial charge >= 0.3 is 17.9 Å². The summed E-state index contributed by atoms with van der Waals surface area (Å²) in [6.07, 6.45) is 58.2. The molecule has 1 atom stereocenters. The summed E-state index contributed by atoms with van der Waals surface area (Å²) < 4.78 is 16.7. The van der Waals surface area contributed by atoms with E-state index in [4.69, 9.17) is 14.2 Å². The van der Waals surface area contributed by atoms with Crippen LogP contribution in [0.3, 0.4) is 0 Å². The maximum Gasteiger partial charge on any atom is 0.306 e. The molecular formula is C56H106O6. The van der Waals surface area contributed by atoms with Crippen LogP contribution < -0.4 is 0 Å². The number of hydrogen-bond acceptors (Lipinski definition) is 6. The number of esters is 3. The molecule has 366 valence electrons. The average Bonchev–Trinajstić information content (AvgIpc) is 3.27. The number of ether oxygens (including phenoxy) is 3. The summed E-state index contributed by atoms with van der Waals surface area (Å²) >= 11 is 0. The van der Waals surface area contributed by atoms with Crippen molar-refractivity contribution in [3.8, 4) is 0 Å². The molecule has 6 nitrogen and oxygen atoms in total. The quantitative estimate of drug-likeness (QED) is 0.0262. The minimum atomic E-state index is -0.766. The number of allylic oxidation sites excluding steroid dienone is 2. The van der Waals surface area contributed by atoms with Crippen LogP contribution in [0.5, 0.6) is 0 Å². The van der Waals surface area contributed by atoms with Crippen LogP contribution in [0.4, 0.5) is 0 Å². The van der Waals surface area contributed by atoms with Crippen LogP contribution in [-0.4, -0.2) is 37.2 Å². The van der Waals surface area contributed by atoms with Crippen LogP contribution in [0.15, 0.2) is 12.2 Å². The molecule has 0 bridgehead atoms. The maximum atomic E-state index is 12.7. The number of carbonyl (C=O) groups excluding carboxylic acids is 3. The molecule has 0 aromatic heterocycles. The number of hydrogen-bond donors (Lipinski definition) is 0. The number of rotatable bonds is 51. The number of carbonyl (C=O) groups is 3. The zero-order valence-corrected chi connectivity index (χ0v) is 41.9. The summed E-state index contributed by atoms with van der Waals surface area (Å²) in [6, 6.07) is 0. The van der Waals surface area contributed by atoms with E-state index in [1.54, 1.807) is 0 Å². The van der Waals surface area contributed by atoms with Gasteiger partial charge in [-0.15, -0.1) is 0 Å². The van der Waals surface area contributed by atoms with Crippen molar-refractivity contribution in [1.82, 2.24) is 0 Å². The van der Waals surface area contributed by atoms with E-state index in [1.165, 1.54) is 199 Å². The summed E-state index contributed by atoms with van der Waals surface area (Å²) in [4.78, 5) is 37.7. The second-order valence-corrected chi connectivity index (χ2v) is 18.9. The molecule has 0 aliphatic heterocycles. The highest BCUT2D eigenvalue weighted by Crippen LogP contribution is 2.17. The summed E-state index contributed by atoms with van der Waals surface area (Å²) in [5.41, 5.74) is 0. The lowest BCUT2D eigenvalue weighted by atomic mass is 10.0. The van der Waals surface area contributed by atoms with Crippen LogP contribution in [0.25, 0.3) is 0 Å². The van der Waals surface area contributed by atoms with Gasteiger partial charge in [-0.1, -0.05) is 258 Å². The van der Waals surface area contributed by atoms with E-state index in [1.807, 2.05) is 0 Å². The highest BCUT2D eigenvalue weighted by atomic mass is 16.6. The van der Waals surface area contributed by atoms with Crippen LogP contribution in [0, 0.1) is 0 Å². The molecule has 0 aliphatic rings. The molecule has 0 heterocycles. The minimum absolute atomic E-state index is 0.0693. The van der Waals surface area contributed by atoms with E-state index < -0.39 is 6.10 Å². The van der Waals surface area contributed by atoms with Crippen molar-refractivity contribution in [3.05, 3.63) is 12.2 Å². The zero-order chi connectivity index (χ0) is 45.1. The first kappa shape index (κ1) is 60.2. The standard InChI is InChI=1S/C56H106O6/c1-4-7-10-13-15-17-19-21-23-24-25-26-27-28-29-30-31-33-34-36-38-40-43-46-49-55(58)61-52-53(51-60-54(57)48-45-42-12-9-6-3)62-56(59)50-47-44-41-39-37-35-32-22-20-18-16-14-11-8-5-2/h22,32,53H,4-21,23-31,33-52H2,1-3H3/b32-22-. The first-order valence-corrected chi connectivity index (χ1v) is 27.7. The van der Waals surface area contributed by atoms with Gasteiger partial charge in [-0.25, -0.2) is 0 Å². The third-order valence-corrected chi connectivity index (χ3v) is 12.5. The Morgan fingerprint density at radius 1 is 0.306 bits per heavy atom. The molecular weight excluding hydrogens is 769 g/mol. The fourth-order valence-electron chi connectivity index (χ4n) is 8.32. The second kappa shape index (κ2) is 51.8. The lowest BCUT2D eigenvalue weighted by Gasteiger charge is -2.18. The molecule has 0 radical (unpaired) electrons. The lowest BCUT2D eigenvalue weighted by Crippen LogP contribution is -2.30. The fourth-order valence-corrected chi connectivity index (χ4v) is 8.32. The van der Waals surface area contributed by atoms with Gasteiger partial charge in [0.1, 0.15) is 13.2 Å². The Hall–Kier alpha value is -1.85. The average molecular weight is 875 g/mol. The Morgan fingerprint density at radius 2 is 0.532 bits per heavy atom. The van der Waals surface area contributed by atoms with Crippen LogP contribution in [0.2, 0.25) is 0 Å². The maximum absolute atomic E-state index is 12.7. The summed E-state index contributed by atoms with van der Waals surface area (Å²) in [6.45, 7) is 6.59. The Bertz CT molecular complexity index is 962. The Kier molecular flexibility index (Phi) is 50.2. The third kappa shape index (κ3) is 49.2. The van der Waals surface area contributed by atoms with E-state index in [2.05, 4.69) is 32.9 Å². The van der Waals surface area contributed by atoms with Crippen molar-refractivity contribution in [1.29, 1.82) is 0 Å². The van der Waals surface area contributed by atoms with Gasteiger partial charge in [0.05, 0.1) is 0 Å². The lowest BCUT2D eigenvalue weighted by molar-refractivity contribution is -0.167. The Morgan fingerprint density at radius 3 is 0.806 bits per heavy atom. The van der Waals surface area contributed by atoms with E-state index in [0.29, 0.717) is 19.3 Å². The molecule has 0 aromatic rings. The van der Waals surface area contributed by atoms with Gasteiger partial charge in [0.25, 0.3) is 0 Å². The molecule has 0 fully saturated rings. The van der Waals surface area contributed by atoms with E-state index in [9.17, 15) is 14.4 Å². The normalized spacial score (nSPS) is 12.0. The largest absolute Gasteiger partial charge is 0.462 e. The monoisotopic (exact) mass is 875 g/mol. The smallest absolute Gasteiger partial charge is 0.306 e. The molecule has 62 heavy (non-hydrogen) atoms. The molecule has 1 unspecified atom stereocenters. The highest BCUT2D eigenvalue weighted by molar-refractivity contribution is 5.71. The summed E-state index contributed by atoms with van der Waals surface area (Å²) in [5.74, 6) is -0.875. The van der Waals surface area contributed by atoms with Gasteiger partial charge in [-0.05, 0) is 44.9 Å². The molecule has 0 N–H and O–H groups in total. The van der Waals surface area contributed by atoms with Gasteiger partial charge < -0.3 is 14.2 Å². The SMILES string of the molecule is CCCCCCCC/C=C\CCCCCCCC(=O)OC(COC(=O)CCCCCCC)COC(=O)CCCCCCCCCCCCCCCCCCCCCCCCCC. The van der Waals surface area contributed by atoms with Crippen LogP contribution in [-0.2, 0) is 28.6 Å². The van der Waals surface area contributed by atoms with Crippen LogP contribution >= 0.6 is 0 Å². The zero-order valence-electron chi connectivity index (χ0n) is 41.9. The molecule has 6 heteroatoms. The first-order chi connectivity index (χ1) is 30.5. The van der Waals surface area contributed by atoms with Crippen molar-refractivity contribution < 1.29 is 28.6 Å². The van der Waals surface area contributed by atoms with Crippen molar-refractivity contribution in [2.75, 3.05) is 13.2 Å². The molecule has 0 saturated heterocycles.